The van der Waals surface area contributed by atoms with Crippen molar-refractivity contribution >= 4 is 43.2 Å². The predicted molar refractivity (Wildman–Crippen MR) is 105 cm³/mol. The molecule has 0 bridgehead atoms. The summed E-state index contributed by atoms with van der Waals surface area (Å²) in [4.78, 5) is 12.3. The lowest BCUT2D eigenvalue weighted by Crippen LogP contribution is -2.18. The minimum atomic E-state index is -3.37. The van der Waals surface area contributed by atoms with Crippen molar-refractivity contribution in [3.05, 3.63) is 58.1 Å². The lowest BCUT2D eigenvalue weighted by molar-refractivity contribution is -0.115. The summed E-state index contributed by atoms with van der Waals surface area (Å²) in [5.74, 6) is -0.0916. The topological polar surface area (TPSA) is 75.3 Å². The van der Waals surface area contributed by atoms with Crippen molar-refractivity contribution in [1.29, 1.82) is 0 Å². The molecule has 0 heterocycles. The Kier molecular flexibility index (Phi) is 6.61. The van der Waals surface area contributed by atoms with Crippen LogP contribution in [0.3, 0.4) is 0 Å². The molecule has 0 saturated heterocycles. The number of benzene rings is 2. The first-order valence-electron chi connectivity index (χ1n) is 7.95. The third kappa shape index (κ3) is 5.86. The minimum absolute atomic E-state index is 0.0621. The Morgan fingerprint density at radius 1 is 1.08 bits per heavy atom. The lowest BCUT2D eigenvalue weighted by atomic mass is 10.1. The molecule has 0 aliphatic carbocycles. The first kappa shape index (κ1) is 19.5. The number of rotatable bonds is 7. The Bertz CT molecular complexity index is 849. The van der Waals surface area contributed by atoms with Gasteiger partial charge in [0.15, 0.2) is 0 Å². The maximum absolute atomic E-state index is 12.3. The van der Waals surface area contributed by atoms with E-state index in [1.807, 2.05) is 31.2 Å². The number of hydrogen-bond acceptors (Lipinski definition) is 3. The molecule has 0 fully saturated rings. The standard InChI is InChI=1S/C18H21BrN2O3S/c1-3-11-25(23,24)21-17-6-4-5-16(13(17)2)20-18(22)12-14-7-9-15(19)10-8-14/h4-10,21H,3,11-12H2,1-2H3,(H,20,22). The van der Waals surface area contributed by atoms with Gasteiger partial charge in [-0.15, -0.1) is 0 Å². The van der Waals surface area contributed by atoms with Crippen molar-refractivity contribution in [1.82, 2.24) is 0 Å². The van der Waals surface area contributed by atoms with E-state index in [-0.39, 0.29) is 18.1 Å². The van der Waals surface area contributed by atoms with E-state index in [1.165, 1.54) is 0 Å². The van der Waals surface area contributed by atoms with Gasteiger partial charge in [0.05, 0.1) is 17.9 Å². The molecular weight excluding hydrogens is 404 g/mol. The summed E-state index contributed by atoms with van der Waals surface area (Å²) >= 11 is 3.36. The molecule has 5 nitrogen and oxygen atoms in total. The van der Waals surface area contributed by atoms with Crippen molar-refractivity contribution in [2.45, 2.75) is 26.7 Å². The van der Waals surface area contributed by atoms with Crippen LogP contribution in [0.1, 0.15) is 24.5 Å². The molecule has 2 aromatic rings. The van der Waals surface area contributed by atoms with E-state index < -0.39 is 10.0 Å². The predicted octanol–water partition coefficient (Wildman–Crippen LogP) is 4.09. The second-order valence-corrected chi connectivity index (χ2v) is 8.51. The Labute approximate surface area is 157 Å². The highest BCUT2D eigenvalue weighted by atomic mass is 79.9. The van der Waals surface area contributed by atoms with Crippen molar-refractivity contribution in [3.63, 3.8) is 0 Å². The number of nitrogens with one attached hydrogen (secondary N) is 2. The number of hydrogen-bond donors (Lipinski definition) is 2. The normalized spacial score (nSPS) is 11.2. The first-order valence-corrected chi connectivity index (χ1v) is 10.4. The van der Waals surface area contributed by atoms with Crippen LogP contribution in [-0.4, -0.2) is 20.1 Å². The van der Waals surface area contributed by atoms with Crippen LogP contribution in [0, 0.1) is 6.92 Å². The van der Waals surface area contributed by atoms with Gasteiger partial charge in [0.25, 0.3) is 0 Å². The molecule has 2 aromatic carbocycles. The van der Waals surface area contributed by atoms with E-state index in [0.29, 0.717) is 23.4 Å². The van der Waals surface area contributed by atoms with Crippen molar-refractivity contribution in [2.24, 2.45) is 0 Å². The van der Waals surface area contributed by atoms with Crippen LogP contribution < -0.4 is 10.0 Å². The van der Waals surface area contributed by atoms with Gasteiger partial charge in [0.2, 0.25) is 15.9 Å². The van der Waals surface area contributed by atoms with Crippen molar-refractivity contribution in [3.8, 4) is 0 Å². The Morgan fingerprint density at radius 2 is 1.72 bits per heavy atom. The zero-order valence-corrected chi connectivity index (χ0v) is 16.6. The van der Waals surface area contributed by atoms with Gasteiger partial charge in [-0.2, -0.15) is 0 Å². The molecule has 134 valence electrons. The van der Waals surface area contributed by atoms with Crippen LogP contribution in [0.15, 0.2) is 46.9 Å². The van der Waals surface area contributed by atoms with E-state index in [9.17, 15) is 13.2 Å². The van der Waals surface area contributed by atoms with E-state index in [4.69, 9.17) is 0 Å². The largest absolute Gasteiger partial charge is 0.325 e. The van der Waals surface area contributed by atoms with Crippen molar-refractivity contribution < 1.29 is 13.2 Å². The third-order valence-electron chi connectivity index (χ3n) is 3.62. The van der Waals surface area contributed by atoms with Gasteiger partial charge < -0.3 is 5.32 Å². The van der Waals surface area contributed by atoms with Crippen molar-refractivity contribution in [2.75, 3.05) is 15.8 Å². The van der Waals surface area contributed by atoms with E-state index in [2.05, 4.69) is 26.0 Å². The Balaban J connectivity index is 2.10. The van der Waals surface area contributed by atoms with Gasteiger partial charge in [0.1, 0.15) is 0 Å². The van der Waals surface area contributed by atoms with Gasteiger partial charge >= 0.3 is 0 Å². The van der Waals surface area contributed by atoms with Crippen LogP contribution in [0.5, 0.6) is 0 Å². The van der Waals surface area contributed by atoms with Gasteiger partial charge in [-0.05, 0) is 48.7 Å². The summed E-state index contributed by atoms with van der Waals surface area (Å²) in [5, 5.41) is 2.85. The molecule has 0 atom stereocenters. The molecule has 25 heavy (non-hydrogen) atoms. The van der Waals surface area contributed by atoms with Gasteiger partial charge in [0, 0.05) is 10.2 Å². The highest BCUT2D eigenvalue weighted by Crippen LogP contribution is 2.24. The fourth-order valence-electron chi connectivity index (χ4n) is 2.35. The highest BCUT2D eigenvalue weighted by Gasteiger charge is 2.13. The zero-order valence-electron chi connectivity index (χ0n) is 14.2. The minimum Gasteiger partial charge on any atom is -0.325 e. The molecule has 2 rings (SSSR count). The summed E-state index contributed by atoms with van der Waals surface area (Å²) in [5.41, 5.74) is 2.66. The first-order chi connectivity index (χ1) is 11.8. The molecule has 0 radical (unpaired) electrons. The van der Waals surface area contributed by atoms with Crippen LogP contribution in [0.2, 0.25) is 0 Å². The SMILES string of the molecule is CCCS(=O)(=O)Nc1cccc(NC(=O)Cc2ccc(Br)cc2)c1C. The van der Waals surface area contributed by atoms with Gasteiger partial charge in [-0.1, -0.05) is 41.1 Å². The monoisotopic (exact) mass is 424 g/mol. The molecule has 0 aliphatic heterocycles. The summed E-state index contributed by atoms with van der Waals surface area (Å²) in [6, 6.07) is 12.7. The average molecular weight is 425 g/mol. The number of amides is 1. The third-order valence-corrected chi connectivity index (χ3v) is 5.63. The second-order valence-electron chi connectivity index (χ2n) is 5.75. The molecule has 7 heteroatoms. The van der Waals surface area contributed by atoms with Crippen LogP contribution in [-0.2, 0) is 21.2 Å². The molecule has 0 unspecified atom stereocenters. The van der Waals surface area contributed by atoms with Gasteiger partial charge in [-0.25, -0.2) is 8.42 Å². The maximum atomic E-state index is 12.3. The second kappa shape index (κ2) is 8.49. The molecule has 0 aromatic heterocycles. The smallest absolute Gasteiger partial charge is 0.232 e. The summed E-state index contributed by atoms with van der Waals surface area (Å²) in [6.45, 7) is 3.59. The molecular formula is C18H21BrN2O3S. The van der Waals surface area contributed by atoms with E-state index in [1.54, 1.807) is 25.1 Å². The summed E-state index contributed by atoms with van der Waals surface area (Å²) in [7, 11) is -3.37. The molecule has 0 spiro atoms. The maximum Gasteiger partial charge on any atom is 0.232 e. The molecule has 0 saturated carbocycles. The van der Waals surface area contributed by atoms with E-state index >= 15 is 0 Å². The summed E-state index contributed by atoms with van der Waals surface area (Å²) < 4.78 is 27.4. The number of sulfonamides is 1. The lowest BCUT2D eigenvalue weighted by Gasteiger charge is -2.14. The fraction of sp³-hybridized carbons (Fsp3) is 0.278. The van der Waals surface area contributed by atoms with Crippen LogP contribution >= 0.6 is 15.9 Å². The molecule has 0 aliphatic rings. The average Bonchev–Trinajstić information content (AvgIpc) is 2.53. The highest BCUT2D eigenvalue weighted by molar-refractivity contribution is 9.10. The summed E-state index contributed by atoms with van der Waals surface area (Å²) in [6.07, 6.45) is 0.788. The van der Waals surface area contributed by atoms with E-state index in [0.717, 1.165) is 10.0 Å². The van der Waals surface area contributed by atoms with Crippen LogP contribution in [0.4, 0.5) is 11.4 Å². The quantitative estimate of drug-likeness (QED) is 0.702. The molecule has 1 amide bonds. The van der Waals surface area contributed by atoms with Gasteiger partial charge in [-0.3, -0.25) is 9.52 Å². The molecule has 2 N–H and O–H groups in total. The number of carbonyl (C=O) groups excluding carboxylic acids is 1. The fourth-order valence-corrected chi connectivity index (χ4v) is 3.81. The number of halogens is 1. The number of anilines is 2. The Hall–Kier alpha value is -1.86. The van der Waals surface area contributed by atoms with Crippen LogP contribution in [0.25, 0.3) is 0 Å². The Morgan fingerprint density at radius 3 is 2.36 bits per heavy atom. The number of carbonyl (C=O) groups is 1. The zero-order chi connectivity index (χ0) is 18.4.